The molecular weight excluding hydrogens is 563 g/mol. The van der Waals surface area contributed by atoms with Crippen LogP contribution in [-0.2, 0) is 9.53 Å². The Morgan fingerprint density at radius 3 is 2.64 bits per heavy atom. The van der Waals surface area contributed by atoms with E-state index in [-0.39, 0.29) is 23.3 Å². The number of ether oxygens (including phenoxy) is 1. The van der Waals surface area contributed by atoms with E-state index in [9.17, 15) is 19.5 Å². The zero-order chi connectivity index (χ0) is 27.8. The van der Waals surface area contributed by atoms with Gasteiger partial charge in [-0.3, -0.25) is 9.36 Å². The van der Waals surface area contributed by atoms with E-state index in [1.165, 1.54) is 22.8 Å². The van der Waals surface area contributed by atoms with E-state index in [1.807, 2.05) is 0 Å². The Bertz CT molecular complexity index is 1850. The zero-order valence-corrected chi connectivity index (χ0v) is 22.9. The first-order valence-corrected chi connectivity index (χ1v) is 13.3. The van der Waals surface area contributed by atoms with Crippen LogP contribution in [-0.4, -0.2) is 28.2 Å². The number of thiazole rings is 1. The number of nitrogens with zero attached hydrogens (tertiary/aromatic N) is 2. The Balaban J connectivity index is 1.64. The lowest BCUT2D eigenvalue weighted by atomic mass is 9.96. The van der Waals surface area contributed by atoms with Gasteiger partial charge in [0, 0.05) is 16.7 Å². The number of allylic oxidation sites excluding steroid dienone is 1. The third-order valence-corrected chi connectivity index (χ3v) is 7.75. The van der Waals surface area contributed by atoms with Crippen LogP contribution in [0.25, 0.3) is 17.4 Å². The summed E-state index contributed by atoms with van der Waals surface area (Å²) in [5.41, 5.74) is 1.31. The van der Waals surface area contributed by atoms with Crippen molar-refractivity contribution in [2.45, 2.75) is 19.9 Å². The first-order valence-electron chi connectivity index (χ1n) is 11.8. The number of fused-ring (bicyclic) bond motifs is 1. The predicted molar refractivity (Wildman–Crippen MR) is 148 cm³/mol. The fourth-order valence-electron chi connectivity index (χ4n) is 4.33. The number of rotatable bonds is 6. The highest BCUT2D eigenvalue weighted by Crippen LogP contribution is 2.34. The van der Waals surface area contributed by atoms with Crippen molar-refractivity contribution in [3.63, 3.8) is 0 Å². The molecule has 1 aliphatic heterocycles. The molecule has 0 bridgehead atoms. The van der Waals surface area contributed by atoms with Crippen molar-refractivity contribution >= 4 is 52.6 Å². The number of esters is 1. The van der Waals surface area contributed by atoms with E-state index in [4.69, 9.17) is 32.4 Å². The van der Waals surface area contributed by atoms with Crippen LogP contribution in [0.4, 0.5) is 0 Å². The quantitative estimate of drug-likeness (QED) is 0.318. The minimum absolute atomic E-state index is 0.0630. The van der Waals surface area contributed by atoms with E-state index in [0.29, 0.717) is 47.7 Å². The highest BCUT2D eigenvalue weighted by atomic mass is 35.5. The normalized spacial score (nSPS) is 15.2. The molecule has 4 aromatic rings. The summed E-state index contributed by atoms with van der Waals surface area (Å²) in [7, 11) is 0. The number of carbonyl (C=O) groups is 2. The Labute approximate surface area is 235 Å². The minimum atomic E-state index is -1.09. The van der Waals surface area contributed by atoms with Crippen molar-refractivity contribution in [3.05, 3.63) is 112 Å². The van der Waals surface area contributed by atoms with Crippen LogP contribution in [0.2, 0.25) is 10.0 Å². The van der Waals surface area contributed by atoms with Crippen molar-refractivity contribution in [2.75, 3.05) is 6.61 Å². The lowest BCUT2D eigenvalue weighted by Gasteiger charge is -2.25. The maximum Gasteiger partial charge on any atom is 0.338 e. The van der Waals surface area contributed by atoms with Gasteiger partial charge in [0.25, 0.3) is 5.56 Å². The minimum Gasteiger partial charge on any atom is -0.478 e. The van der Waals surface area contributed by atoms with Crippen molar-refractivity contribution in [2.24, 2.45) is 4.99 Å². The monoisotopic (exact) mass is 582 g/mol. The van der Waals surface area contributed by atoms with Gasteiger partial charge in [-0.25, -0.2) is 14.6 Å². The molecule has 2 aromatic heterocycles. The van der Waals surface area contributed by atoms with Crippen LogP contribution in [0, 0.1) is 0 Å². The molecule has 0 unspecified atom stereocenters. The van der Waals surface area contributed by atoms with Gasteiger partial charge in [0.15, 0.2) is 4.80 Å². The van der Waals surface area contributed by atoms with Crippen LogP contribution in [0.1, 0.15) is 41.6 Å². The summed E-state index contributed by atoms with van der Waals surface area (Å²) in [5, 5.41) is 10.0. The standard InChI is InChI=1S/C28H20Cl2N2O6S/c1-3-37-27(36)23-14(2)31-28-32(24(23)17-6-4-5-7-19(17)29)25(33)22(39-28)13-16-9-11-21(38-16)18-12-15(26(34)35)8-10-20(18)30/h4-13,24H,3H2,1-2H3,(H,34,35)/b22-13-/t24-/m0/s1. The summed E-state index contributed by atoms with van der Waals surface area (Å²) in [6.45, 7) is 3.56. The van der Waals surface area contributed by atoms with E-state index < -0.39 is 18.0 Å². The molecule has 0 radical (unpaired) electrons. The van der Waals surface area contributed by atoms with Gasteiger partial charge < -0.3 is 14.3 Å². The molecule has 0 saturated carbocycles. The number of carbonyl (C=O) groups excluding carboxylic acids is 1. The average Bonchev–Trinajstić information content (AvgIpc) is 3.48. The molecule has 5 rings (SSSR count). The van der Waals surface area contributed by atoms with Gasteiger partial charge in [0.2, 0.25) is 0 Å². The van der Waals surface area contributed by atoms with Crippen LogP contribution in [0.5, 0.6) is 0 Å². The van der Waals surface area contributed by atoms with Gasteiger partial charge in [0.1, 0.15) is 17.6 Å². The third-order valence-electron chi connectivity index (χ3n) is 6.10. The molecule has 8 nitrogen and oxygen atoms in total. The number of halogens is 2. The van der Waals surface area contributed by atoms with Crippen molar-refractivity contribution < 1.29 is 23.8 Å². The molecule has 1 aliphatic rings. The number of furan rings is 1. The largest absolute Gasteiger partial charge is 0.478 e. The Kier molecular flexibility index (Phi) is 7.31. The second-order valence-corrected chi connectivity index (χ2v) is 10.3. The fourth-order valence-corrected chi connectivity index (χ4v) is 5.81. The molecule has 2 aromatic carbocycles. The number of hydrogen-bond donors (Lipinski definition) is 1. The first kappa shape index (κ1) is 26.7. The Morgan fingerprint density at radius 1 is 1.15 bits per heavy atom. The summed E-state index contributed by atoms with van der Waals surface area (Å²) in [4.78, 5) is 43.0. The van der Waals surface area contributed by atoms with Crippen molar-refractivity contribution in [1.82, 2.24) is 4.57 Å². The number of hydrogen-bond acceptors (Lipinski definition) is 7. The van der Waals surface area contributed by atoms with E-state index in [2.05, 4.69) is 4.99 Å². The lowest BCUT2D eigenvalue weighted by molar-refractivity contribution is -0.139. The second kappa shape index (κ2) is 10.7. The Hall–Kier alpha value is -3.92. The van der Waals surface area contributed by atoms with E-state index in [1.54, 1.807) is 56.3 Å². The Morgan fingerprint density at radius 2 is 1.92 bits per heavy atom. The zero-order valence-electron chi connectivity index (χ0n) is 20.6. The molecule has 11 heteroatoms. The number of aromatic carboxylic acids is 1. The number of carboxylic acids is 1. The van der Waals surface area contributed by atoms with Gasteiger partial charge in [0.05, 0.1) is 33.0 Å². The first-order chi connectivity index (χ1) is 18.7. The summed E-state index contributed by atoms with van der Waals surface area (Å²) >= 11 is 13.9. The predicted octanol–water partition coefficient (Wildman–Crippen LogP) is 5.06. The smallest absolute Gasteiger partial charge is 0.338 e. The SMILES string of the molecule is CCOC(=O)C1=C(C)N=c2s/c(=C\c3ccc(-c4cc(C(=O)O)ccc4Cl)o3)c(=O)n2[C@H]1c1ccccc1Cl. The van der Waals surface area contributed by atoms with Crippen LogP contribution in [0.15, 0.2) is 80.1 Å². The van der Waals surface area contributed by atoms with Crippen LogP contribution < -0.4 is 14.9 Å². The lowest BCUT2D eigenvalue weighted by Crippen LogP contribution is -2.40. The number of benzene rings is 2. The highest BCUT2D eigenvalue weighted by Gasteiger charge is 2.34. The van der Waals surface area contributed by atoms with E-state index >= 15 is 0 Å². The molecule has 39 heavy (non-hydrogen) atoms. The summed E-state index contributed by atoms with van der Waals surface area (Å²) in [6, 6.07) is 13.8. The molecule has 0 saturated heterocycles. The van der Waals surface area contributed by atoms with Crippen LogP contribution in [0.3, 0.4) is 0 Å². The van der Waals surface area contributed by atoms with Gasteiger partial charge in [-0.2, -0.15) is 0 Å². The molecular formula is C28H20Cl2N2O6S. The molecule has 3 heterocycles. The molecule has 0 fully saturated rings. The maximum atomic E-state index is 13.7. The average molecular weight is 583 g/mol. The molecule has 0 spiro atoms. The van der Waals surface area contributed by atoms with Gasteiger partial charge >= 0.3 is 11.9 Å². The number of carboxylic acid groups (broad SMARTS) is 1. The molecule has 198 valence electrons. The number of aromatic nitrogens is 1. The summed E-state index contributed by atoms with van der Waals surface area (Å²) < 4.78 is 13.0. The molecule has 1 atom stereocenters. The summed E-state index contributed by atoms with van der Waals surface area (Å²) in [5.74, 6) is -0.973. The molecule has 0 aliphatic carbocycles. The molecule has 1 N–H and O–H groups in total. The third kappa shape index (κ3) is 4.96. The second-order valence-electron chi connectivity index (χ2n) is 8.53. The van der Waals surface area contributed by atoms with Crippen LogP contribution >= 0.6 is 34.5 Å². The maximum absolute atomic E-state index is 13.7. The van der Waals surface area contributed by atoms with E-state index in [0.717, 1.165) is 11.3 Å². The molecule has 0 amide bonds. The van der Waals surface area contributed by atoms with Gasteiger partial charge in [-0.15, -0.1) is 0 Å². The highest BCUT2D eigenvalue weighted by molar-refractivity contribution is 7.07. The summed E-state index contributed by atoms with van der Waals surface area (Å²) in [6.07, 6.45) is 1.56. The van der Waals surface area contributed by atoms with Gasteiger partial charge in [-0.05, 0) is 55.8 Å². The van der Waals surface area contributed by atoms with Crippen molar-refractivity contribution in [3.8, 4) is 11.3 Å². The topological polar surface area (TPSA) is 111 Å². The van der Waals surface area contributed by atoms with Crippen molar-refractivity contribution in [1.29, 1.82) is 0 Å². The van der Waals surface area contributed by atoms with Gasteiger partial charge in [-0.1, -0.05) is 52.7 Å². The fraction of sp³-hybridized carbons (Fsp3) is 0.143.